The lowest BCUT2D eigenvalue weighted by molar-refractivity contribution is 0.301. The first-order valence-corrected chi connectivity index (χ1v) is 5.09. The second-order valence-corrected chi connectivity index (χ2v) is 3.11. The Morgan fingerprint density at radius 1 is 1.40 bits per heavy atom. The van der Waals surface area contributed by atoms with Gasteiger partial charge in [-0.2, -0.15) is 0 Å². The maximum absolute atomic E-state index is 13.8. The first-order chi connectivity index (χ1) is 7.24. The number of hydrogen-bond donors (Lipinski definition) is 1. The smallest absolute Gasteiger partial charge is 0.187 e. The van der Waals surface area contributed by atoms with Gasteiger partial charge in [0.25, 0.3) is 0 Å². The quantitative estimate of drug-likeness (QED) is 0.792. The van der Waals surface area contributed by atoms with Crippen molar-refractivity contribution in [2.45, 2.75) is 20.3 Å². The summed E-state index contributed by atoms with van der Waals surface area (Å²) in [5, 5.41) is 8.84. The van der Waals surface area contributed by atoms with Crippen LogP contribution in [-0.4, -0.2) is 34.8 Å². The van der Waals surface area contributed by atoms with Crippen molar-refractivity contribution in [3.05, 3.63) is 17.8 Å². The summed E-state index contributed by atoms with van der Waals surface area (Å²) in [6.45, 7) is 4.71. The third-order valence-corrected chi connectivity index (χ3v) is 2.23. The minimum Gasteiger partial charge on any atom is -0.395 e. The molecule has 1 aromatic rings. The zero-order chi connectivity index (χ0) is 11.3. The van der Waals surface area contributed by atoms with Gasteiger partial charge in [0, 0.05) is 13.1 Å². The van der Waals surface area contributed by atoms with Crippen LogP contribution in [0.1, 0.15) is 19.5 Å². The molecule has 1 aromatic heterocycles. The monoisotopic (exact) mass is 213 g/mol. The normalized spacial score (nSPS) is 10.4. The third kappa shape index (κ3) is 2.62. The van der Waals surface area contributed by atoms with Crippen molar-refractivity contribution in [1.29, 1.82) is 0 Å². The Morgan fingerprint density at radius 3 is 2.67 bits per heavy atom. The fourth-order valence-corrected chi connectivity index (χ4v) is 1.40. The van der Waals surface area contributed by atoms with Gasteiger partial charge in [-0.3, -0.25) is 0 Å². The molecule has 1 N–H and O–H groups in total. The van der Waals surface area contributed by atoms with E-state index < -0.39 is 0 Å². The molecular formula is C10H16FN3O. The van der Waals surface area contributed by atoms with E-state index >= 15 is 0 Å². The summed E-state index contributed by atoms with van der Waals surface area (Å²) in [4.78, 5) is 9.45. The average Bonchev–Trinajstić information content (AvgIpc) is 2.27. The predicted octanol–water partition coefficient (Wildman–Crippen LogP) is 0.997. The second-order valence-electron chi connectivity index (χ2n) is 3.11. The first-order valence-electron chi connectivity index (χ1n) is 5.09. The lowest BCUT2D eigenvalue weighted by Crippen LogP contribution is -2.28. The van der Waals surface area contributed by atoms with Crippen LogP contribution in [0, 0.1) is 5.82 Å². The van der Waals surface area contributed by atoms with Crippen LogP contribution < -0.4 is 4.90 Å². The summed E-state index contributed by atoms with van der Waals surface area (Å²) in [7, 11) is 0. The Kier molecular flexibility index (Phi) is 4.42. The van der Waals surface area contributed by atoms with E-state index in [9.17, 15) is 4.39 Å². The Morgan fingerprint density at radius 2 is 2.13 bits per heavy atom. The molecule has 5 heteroatoms. The zero-order valence-electron chi connectivity index (χ0n) is 9.07. The van der Waals surface area contributed by atoms with Gasteiger partial charge in [0.2, 0.25) is 0 Å². The van der Waals surface area contributed by atoms with E-state index in [1.54, 1.807) is 4.90 Å². The largest absolute Gasteiger partial charge is 0.395 e. The molecule has 15 heavy (non-hydrogen) atoms. The number of aryl methyl sites for hydroxylation is 1. The number of likely N-dealkylation sites (N-methyl/N-ethyl adjacent to an activating group) is 1. The molecule has 84 valence electrons. The number of aromatic nitrogens is 2. The molecule has 0 spiro atoms. The molecular weight excluding hydrogens is 197 g/mol. The Hall–Kier alpha value is -1.23. The van der Waals surface area contributed by atoms with E-state index in [4.69, 9.17) is 5.11 Å². The van der Waals surface area contributed by atoms with Crippen molar-refractivity contribution in [1.82, 2.24) is 9.97 Å². The molecule has 1 heterocycles. The average molecular weight is 213 g/mol. The number of hydrogen-bond acceptors (Lipinski definition) is 4. The minimum atomic E-state index is -0.379. The zero-order valence-corrected chi connectivity index (χ0v) is 9.07. The highest BCUT2D eigenvalue weighted by Gasteiger charge is 2.14. The lowest BCUT2D eigenvalue weighted by Gasteiger charge is -2.21. The van der Waals surface area contributed by atoms with Gasteiger partial charge in [-0.15, -0.1) is 0 Å². The van der Waals surface area contributed by atoms with Gasteiger partial charge in [0.1, 0.15) is 6.33 Å². The van der Waals surface area contributed by atoms with Crippen LogP contribution in [0.2, 0.25) is 0 Å². The molecule has 0 aliphatic rings. The van der Waals surface area contributed by atoms with Crippen molar-refractivity contribution >= 4 is 5.82 Å². The van der Waals surface area contributed by atoms with Crippen LogP contribution in [0.3, 0.4) is 0 Å². The van der Waals surface area contributed by atoms with Crippen molar-refractivity contribution in [2.24, 2.45) is 0 Å². The van der Waals surface area contributed by atoms with Crippen molar-refractivity contribution in [3.8, 4) is 0 Å². The van der Waals surface area contributed by atoms with Gasteiger partial charge in [-0.05, 0) is 13.3 Å². The molecule has 1 rings (SSSR count). The summed E-state index contributed by atoms with van der Waals surface area (Å²) < 4.78 is 13.8. The topological polar surface area (TPSA) is 49.2 Å². The van der Waals surface area contributed by atoms with Crippen molar-refractivity contribution in [3.63, 3.8) is 0 Å². The van der Waals surface area contributed by atoms with Gasteiger partial charge < -0.3 is 10.0 Å². The molecule has 0 aliphatic heterocycles. The molecule has 0 bridgehead atoms. The number of rotatable bonds is 5. The van der Waals surface area contributed by atoms with Crippen molar-refractivity contribution in [2.75, 3.05) is 24.6 Å². The number of aliphatic hydroxyl groups is 1. The maximum atomic E-state index is 13.8. The Bertz CT molecular complexity index is 320. The minimum absolute atomic E-state index is 0.0151. The lowest BCUT2D eigenvalue weighted by atomic mass is 10.3. The molecule has 0 atom stereocenters. The summed E-state index contributed by atoms with van der Waals surface area (Å²) in [5.74, 6) is -0.103. The highest BCUT2D eigenvalue weighted by Crippen LogP contribution is 2.17. The summed E-state index contributed by atoms with van der Waals surface area (Å²) >= 11 is 0. The summed E-state index contributed by atoms with van der Waals surface area (Å²) in [5.41, 5.74) is 0.413. The summed E-state index contributed by atoms with van der Waals surface area (Å²) in [6, 6.07) is 0. The van der Waals surface area contributed by atoms with E-state index in [2.05, 4.69) is 9.97 Å². The molecule has 0 radical (unpaired) electrons. The first kappa shape index (κ1) is 11.8. The fourth-order valence-electron chi connectivity index (χ4n) is 1.40. The molecule has 0 fully saturated rings. The fraction of sp³-hybridized carbons (Fsp3) is 0.600. The van der Waals surface area contributed by atoms with Crippen molar-refractivity contribution < 1.29 is 9.50 Å². The number of aliphatic hydroxyl groups excluding tert-OH is 1. The van der Waals surface area contributed by atoms with Gasteiger partial charge in [0.15, 0.2) is 11.6 Å². The van der Waals surface area contributed by atoms with Crippen LogP contribution in [0.25, 0.3) is 0 Å². The maximum Gasteiger partial charge on any atom is 0.187 e. The van der Waals surface area contributed by atoms with E-state index in [0.29, 0.717) is 25.2 Å². The van der Waals surface area contributed by atoms with Crippen LogP contribution in [0.15, 0.2) is 6.33 Å². The highest BCUT2D eigenvalue weighted by atomic mass is 19.1. The Balaban J connectivity index is 3.01. The third-order valence-electron chi connectivity index (χ3n) is 2.23. The van der Waals surface area contributed by atoms with Crippen LogP contribution >= 0.6 is 0 Å². The van der Waals surface area contributed by atoms with Gasteiger partial charge in [0.05, 0.1) is 12.3 Å². The van der Waals surface area contributed by atoms with Gasteiger partial charge >= 0.3 is 0 Å². The molecule has 0 aliphatic carbocycles. The van der Waals surface area contributed by atoms with Gasteiger partial charge in [-0.1, -0.05) is 6.92 Å². The number of anilines is 1. The van der Waals surface area contributed by atoms with Crippen LogP contribution in [0.5, 0.6) is 0 Å². The molecule has 4 nitrogen and oxygen atoms in total. The highest BCUT2D eigenvalue weighted by molar-refractivity contribution is 5.40. The van der Waals surface area contributed by atoms with E-state index in [0.717, 1.165) is 0 Å². The standard InChI is InChI=1S/C10H16FN3O/c1-3-8-9(11)10(13-7-12-8)14(4-2)5-6-15/h7,15H,3-6H2,1-2H3. The summed E-state index contributed by atoms with van der Waals surface area (Å²) in [6.07, 6.45) is 1.90. The SMILES string of the molecule is CCc1ncnc(N(CC)CCO)c1F. The van der Waals surface area contributed by atoms with Gasteiger partial charge in [-0.25, -0.2) is 14.4 Å². The van der Waals surface area contributed by atoms with Crippen LogP contribution in [0.4, 0.5) is 10.2 Å². The predicted molar refractivity (Wildman–Crippen MR) is 56.3 cm³/mol. The molecule has 0 amide bonds. The van der Waals surface area contributed by atoms with E-state index in [1.807, 2.05) is 13.8 Å². The molecule has 0 saturated carbocycles. The number of nitrogens with zero attached hydrogens (tertiary/aromatic N) is 3. The molecule has 0 unspecified atom stereocenters. The molecule has 0 aromatic carbocycles. The van der Waals surface area contributed by atoms with Crippen LogP contribution in [-0.2, 0) is 6.42 Å². The van der Waals surface area contributed by atoms with E-state index in [-0.39, 0.29) is 18.2 Å². The number of halogens is 1. The molecule has 0 saturated heterocycles. The Labute approximate surface area is 88.8 Å². The second kappa shape index (κ2) is 5.60. The van der Waals surface area contributed by atoms with E-state index in [1.165, 1.54) is 6.33 Å².